The van der Waals surface area contributed by atoms with E-state index in [1.165, 1.54) is 6.92 Å². The number of nitrogens with zero attached hydrogens (tertiary/aromatic N) is 2. The average molecular weight is 538 g/mol. The first-order chi connectivity index (χ1) is 18.5. The van der Waals surface area contributed by atoms with Crippen LogP contribution >= 0.6 is 0 Å². The molecule has 0 spiro atoms. The molecule has 3 heterocycles. The fourth-order valence-corrected chi connectivity index (χ4v) is 5.79. The van der Waals surface area contributed by atoms with Crippen LogP contribution in [0.15, 0.2) is 48.5 Å². The number of hydrogen-bond donors (Lipinski definition) is 3. The standard InChI is InChI=1S/C28H39BN4O6/c1-19(2)18-24(29-33(4,15-9-17-38-29)16-14-25(35)39-29)31-28(37)26(20(3)34)32-27(36)23-13-8-12-22(30-23)21-10-6-5-7-11-21/h5-8,10-13,19-20,24,26,34H,9,14-18H2,1-4H3,(H,31,37)(H,32,36)/t20-,24+,26+,29?,33?/m1/s1. The minimum Gasteiger partial charge on any atom is -0.614 e. The number of quaternary nitrogens is 1. The second-order valence-corrected chi connectivity index (χ2v) is 11.3. The van der Waals surface area contributed by atoms with Crippen molar-refractivity contribution in [1.29, 1.82) is 0 Å². The number of fused-ring (bicyclic) bond motifs is 1. The summed E-state index contributed by atoms with van der Waals surface area (Å²) in [5.41, 5.74) is 1.59. The second kappa shape index (κ2) is 11.9. The van der Waals surface area contributed by atoms with Gasteiger partial charge >= 0.3 is 6.69 Å². The van der Waals surface area contributed by atoms with Gasteiger partial charge in [-0.1, -0.05) is 56.7 Å². The average Bonchev–Trinajstić information content (AvgIpc) is 2.91. The number of amides is 2. The van der Waals surface area contributed by atoms with Crippen LogP contribution in [0.25, 0.3) is 11.3 Å². The summed E-state index contributed by atoms with van der Waals surface area (Å²) in [5, 5.41) is 16.2. The highest BCUT2D eigenvalue weighted by Gasteiger charge is 2.61. The molecule has 3 N–H and O–H groups in total. The van der Waals surface area contributed by atoms with E-state index in [0.29, 0.717) is 29.7 Å². The zero-order valence-electron chi connectivity index (χ0n) is 23.1. The number of pyridine rings is 1. The monoisotopic (exact) mass is 538 g/mol. The number of aliphatic hydroxyl groups is 1. The van der Waals surface area contributed by atoms with Gasteiger partial charge in [0.05, 0.1) is 24.8 Å². The molecule has 0 aliphatic carbocycles. The summed E-state index contributed by atoms with van der Waals surface area (Å²) in [5.74, 6) is -2.00. The van der Waals surface area contributed by atoms with Gasteiger partial charge in [-0.15, -0.1) is 0 Å². The smallest absolute Gasteiger partial charge is 0.548 e. The van der Waals surface area contributed by atoms with Crippen LogP contribution in [0.4, 0.5) is 0 Å². The molecule has 1 aromatic carbocycles. The summed E-state index contributed by atoms with van der Waals surface area (Å²) < 4.78 is 12.7. The molecule has 0 saturated carbocycles. The molecule has 2 aliphatic rings. The largest absolute Gasteiger partial charge is 0.614 e. The maximum Gasteiger partial charge on any atom is 0.548 e. The Bertz CT molecular complexity index is 1200. The van der Waals surface area contributed by atoms with Crippen LogP contribution in [-0.4, -0.2) is 83.8 Å². The van der Waals surface area contributed by atoms with Crippen LogP contribution in [0.1, 0.15) is 50.5 Å². The van der Waals surface area contributed by atoms with E-state index in [4.69, 9.17) is 9.31 Å². The molecule has 2 aliphatic heterocycles. The number of benzene rings is 1. The molecule has 2 fully saturated rings. The van der Waals surface area contributed by atoms with Gasteiger partial charge in [0.2, 0.25) is 5.91 Å². The van der Waals surface area contributed by atoms with Gasteiger partial charge in [0.15, 0.2) is 0 Å². The van der Waals surface area contributed by atoms with Crippen molar-refractivity contribution >= 4 is 24.5 Å². The van der Waals surface area contributed by atoms with Crippen molar-refractivity contribution in [1.82, 2.24) is 15.6 Å². The Morgan fingerprint density at radius 1 is 1.08 bits per heavy atom. The topological polar surface area (TPSA) is 127 Å². The second-order valence-electron chi connectivity index (χ2n) is 11.3. The van der Waals surface area contributed by atoms with E-state index in [2.05, 4.69) is 15.6 Å². The van der Waals surface area contributed by atoms with E-state index in [1.54, 1.807) is 18.2 Å². The third-order valence-electron chi connectivity index (χ3n) is 7.83. The summed E-state index contributed by atoms with van der Waals surface area (Å²) in [6, 6.07) is 13.3. The van der Waals surface area contributed by atoms with E-state index in [-0.39, 0.29) is 24.0 Å². The Labute approximate surface area is 229 Å². The third kappa shape index (κ3) is 6.16. The summed E-state index contributed by atoms with van der Waals surface area (Å²) in [6.07, 6.45) is 0.403. The van der Waals surface area contributed by atoms with Crippen molar-refractivity contribution in [2.75, 3.05) is 26.7 Å². The molecule has 1 aromatic heterocycles. The van der Waals surface area contributed by atoms with E-state index < -0.39 is 36.6 Å². The lowest BCUT2D eigenvalue weighted by molar-refractivity contribution is -0.839. The highest BCUT2D eigenvalue weighted by molar-refractivity contribution is 6.64. The Morgan fingerprint density at radius 3 is 2.51 bits per heavy atom. The number of carbonyl (C=O) groups is 3. The van der Waals surface area contributed by atoms with Crippen molar-refractivity contribution < 1.29 is 33.2 Å². The van der Waals surface area contributed by atoms with E-state index in [9.17, 15) is 19.5 Å². The zero-order valence-corrected chi connectivity index (χ0v) is 23.1. The highest BCUT2D eigenvalue weighted by atomic mass is 16.7. The first kappa shape index (κ1) is 28.7. The lowest BCUT2D eigenvalue weighted by Gasteiger charge is -2.63. The van der Waals surface area contributed by atoms with Gasteiger partial charge in [-0.25, -0.2) is 4.98 Å². The molecule has 0 radical (unpaired) electrons. The maximum absolute atomic E-state index is 13.6. The van der Waals surface area contributed by atoms with E-state index in [0.717, 1.165) is 18.5 Å². The van der Waals surface area contributed by atoms with Gasteiger partial charge < -0.3 is 29.4 Å². The van der Waals surface area contributed by atoms with E-state index >= 15 is 0 Å². The van der Waals surface area contributed by atoms with Gasteiger partial charge in [0, 0.05) is 38.1 Å². The molecule has 2 aromatic rings. The van der Waals surface area contributed by atoms with Gasteiger partial charge in [-0.3, -0.25) is 14.4 Å². The van der Waals surface area contributed by atoms with Crippen molar-refractivity contribution in [3.05, 3.63) is 54.2 Å². The highest BCUT2D eigenvalue weighted by Crippen LogP contribution is 2.36. The van der Waals surface area contributed by atoms with Crippen LogP contribution in [0.2, 0.25) is 0 Å². The van der Waals surface area contributed by atoms with Gasteiger partial charge in [0.1, 0.15) is 11.7 Å². The molecular formula is C28H39BN4O6. The number of nitrogens with one attached hydrogen (secondary N) is 2. The third-order valence-corrected chi connectivity index (χ3v) is 7.83. The lowest BCUT2D eigenvalue weighted by atomic mass is 9.54. The summed E-state index contributed by atoms with van der Waals surface area (Å²) >= 11 is 0. The molecular weight excluding hydrogens is 499 g/mol. The fraction of sp³-hybridized carbons (Fsp3) is 0.500. The summed E-state index contributed by atoms with van der Waals surface area (Å²) in [7, 11) is 2.00. The Kier molecular flexibility index (Phi) is 8.73. The molecule has 0 bridgehead atoms. The van der Waals surface area contributed by atoms with Gasteiger partial charge in [-0.05, 0) is 25.0 Å². The molecule has 4 rings (SSSR count). The molecule has 210 valence electrons. The molecule has 5 atom stereocenters. The zero-order chi connectivity index (χ0) is 28.2. The van der Waals surface area contributed by atoms with Crippen LogP contribution in [0, 0.1) is 5.92 Å². The van der Waals surface area contributed by atoms with Gasteiger partial charge in [0.25, 0.3) is 11.9 Å². The predicted molar refractivity (Wildman–Crippen MR) is 147 cm³/mol. The Morgan fingerprint density at radius 2 is 1.82 bits per heavy atom. The van der Waals surface area contributed by atoms with Crippen LogP contribution < -0.4 is 10.6 Å². The molecule has 11 heteroatoms. The first-order valence-corrected chi connectivity index (χ1v) is 13.7. The van der Waals surface area contributed by atoms with Gasteiger partial charge in [-0.2, -0.15) is 0 Å². The SMILES string of the molecule is CC(C)C[C@H](NC(=O)[C@@H](NC(=O)c1cccc(-c2ccccc2)n1)[C@@H](C)O)[B-]12OCCC[N+]1(C)CCC(=O)O2. The maximum atomic E-state index is 13.6. The van der Waals surface area contributed by atoms with Crippen molar-refractivity contribution in [3.63, 3.8) is 0 Å². The van der Waals surface area contributed by atoms with E-state index in [1.807, 2.05) is 51.2 Å². The Hall–Kier alpha value is -3.28. The first-order valence-electron chi connectivity index (χ1n) is 13.7. The number of aliphatic hydroxyl groups excluding tert-OH is 1. The molecule has 39 heavy (non-hydrogen) atoms. The molecule has 2 unspecified atom stereocenters. The minimum absolute atomic E-state index is 0.123. The van der Waals surface area contributed by atoms with Crippen molar-refractivity contribution in [2.24, 2.45) is 5.92 Å². The lowest BCUT2D eigenvalue weighted by Crippen LogP contribution is -2.83. The number of rotatable bonds is 9. The number of carbonyl (C=O) groups excluding carboxylic acids is 3. The Balaban J connectivity index is 1.57. The van der Waals surface area contributed by atoms with Crippen LogP contribution in [0.3, 0.4) is 0 Å². The predicted octanol–water partition coefficient (Wildman–Crippen LogP) is 2.05. The summed E-state index contributed by atoms with van der Waals surface area (Å²) in [6.45, 7) is 4.96. The van der Waals surface area contributed by atoms with Crippen molar-refractivity contribution in [3.8, 4) is 11.3 Å². The fourth-order valence-electron chi connectivity index (χ4n) is 5.79. The summed E-state index contributed by atoms with van der Waals surface area (Å²) in [4.78, 5) is 43.8. The molecule has 2 amide bonds. The molecule has 2 saturated heterocycles. The number of hydrogen-bond acceptors (Lipinski definition) is 7. The molecule has 10 nitrogen and oxygen atoms in total. The quantitative estimate of drug-likeness (QED) is 0.417. The van der Waals surface area contributed by atoms with Crippen LogP contribution in [-0.2, 0) is 18.9 Å². The normalized spacial score (nSPS) is 25.1. The van der Waals surface area contributed by atoms with Crippen LogP contribution in [0.5, 0.6) is 0 Å². The minimum atomic E-state index is -2.26. The number of aromatic nitrogens is 1. The van der Waals surface area contributed by atoms with Crippen molar-refractivity contribution in [2.45, 2.75) is 58.1 Å².